The highest BCUT2D eigenvalue weighted by atomic mass is 16.6. The van der Waals surface area contributed by atoms with Gasteiger partial charge in [0.2, 0.25) is 0 Å². The number of hydrogen-bond donors (Lipinski definition) is 2. The molecule has 1 saturated heterocycles. The second-order valence-corrected chi connectivity index (χ2v) is 4.94. The molecule has 2 atom stereocenters. The van der Waals surface area contributed by atoms with E-state index in [0.717, 1.165) is 16.3 Å². The number of carbonyl (C=O) groups excluding carboxylic acids is 1. The van der Waals surface area contributed by atoms with Gasteiger partial charge in [-0.25, -0.2) is 4.79 Å². The van der Waals surface area contributed by atoms with Gasteiger partial charge in [0.1, 0.15) is 6.61 Å². The number of benzene rings is 1. The minimum absolute atomic E-state index is 0.148. The second kappa shape index (κ2) is 5.11. The van der Waals surface area contributed by atoms with Crippen LogP contribution in [0.25, 0.3) is 0 Å². The summed E-state index contributed by atoms with van der Waals surface area (Å²) in [6.45, 7) is 2.05. The topological polar surface area (TPSA) is 65.6 Å². The minimum Gasteiger partial charge on any atom is -0.462 e. The number of carbonyl (C=O) groups is 1. The third-order valence-corrected chi connectivity index (χ3v) is 3.52. The lowest BCUT2D eigenvalue weighted by Gasteiger charge is -2.35. The van der Waals surface area contributed by atoms with Gasteiger partial charge in [-0.15, -0.1) is 0 Å². The van der Waals surface area contributed by atoms with E-state index in [4.69, 9.17) is 4.74 Å². The van der Waals surface area contributed by atoms with Crippen LogP contribution in [-0.2, 0) is 9.53 Å². The van der Waals surface area contributed by atoms with Crippen molar-refractivity contribution in [2.24, 2.45) is 0 Å². The molecule has 2 N–H and O–H groups in total. The van der Waals surface area contributed by atoms with Gasteiger partial charge in [-0.2, -0.15) is 5.06 Å². The van der Waals surface area contributed by atoms with Gasteiger partial charge in [0, 0.05) is 11.4 Å². The van der Waals surface area contributed by atoms with Crippen LogP contribution >= 0.6 is 0 Å². The number of aromatic nitrogens is 1. The predicted octanol–water partition coefficient (Wildman–Crippen LogP) is 2.35. The van der Waals surface area contributed by atoms with E-state index >= 15 is 0 Å². The fourth-order valence-corrected chi connectivity index (χ4v) is 2.48. The third kappa shape index (κ3) is 2.21. The summed E-state index contributed by atoms with van der Waals surface area (Å²) in [5, 5.41) is 11.5. The fraction of sp³-hybridized carbons (Fsp3) is 0.267. The van der Waals surface area contributed by atoms with Crippen molar-refractivity contribution >= 4 is 5.97 Å². The van der Waals surface area contributed by atoms with Gasteiger partial charge >= 0.3 is 5.97 Å². The van der Waals surface area contributed by atoms with Crippen molar-refractivity contribution in [3.05, 3.63) is 59.4 Å². The number of esters is 1. The van der Waals surface area contributed by atoms with Crippen molar-refractivity contribution in [3.63, 3.8) is 0 Å². The molecule has 1 aromatic heterocycles. The molecule has 3 rings (SSSR count). The van der Waals surface area contributed by atoms with Gasteiger partial charge in [0.05, 0.1) is 6.04 Å². The minimum atomic E-state index is -0.817. The highest BCUT2D eigenvalue weighted by molar-refractivity contribution is 5.77. The molecule has 1 aliphatic rings. The highest BCUT2D eigenvalue weighted by Gasteiger charge is 2.39. The van der Waals surface area contributed by atoms with Crippen molar-refractivity contribution in [1.82, 2.24) is 10.0 Å². The van der Waals surface area contributed by atoms with Crippen LogP contribution in [0, 0.1) is 6.92 Å². The van der Waals surface area contributed by atoms with Crippen LogP contribution in [0.2, 0.25) is 0 Å². The normalized spacial score (nSPS) is 23.6. The average molecular weight is 272 g/mol. The lowest BCUT2D eigenvalue weighted by molar-refractivity contribution is -0.221. The van der Waals surface area contributed by atoms with Gasteiger partial charge in [0.25, 0.3) is 0 Å². The third-order valence-electron chi connectivity index (χ3n) is 3.52. The first-order valence-corrected chi connectivity index (χ1v) is 6.51. The number of nitrogens with zero attached hydrogens (tertiary/aromatic N) is 1. The van der Waals surface area contributed by atoms with E-state index in [1.165, 1.54) is 0 Å². The number of aryl methyl sites for hydroxylation is 1. The maximum Gasteiger partial charge on any atom is 0.332 e. The molecule has 20 heavy (non-hydrogen) atoms. The number of cyclic esters (lactones) is 1. The summed E-state index contributed by atoms with van der Waals surface area (Å²) >= 11 is 0. The summed E-state index contributed by atoms with van der Waals surface area (Å²) in [5.74, 6) is -0.443. The first kappa shape index (κ1) is 12.9. The van der Waals surface area contributed by atoms with Gasteiger partial charge in [0.15, 0.2) is 6.04 Å². The molecular weight excluding hydrogens is 256 g/mol. The van der Waals surface area contributed by atoms with Crippen LogP contribution in [0.3, 0.4) is 0 Å². The zero-order valence-electron chi connectivity index (χ0n) is 11.1. The number of morpholine rings is 1. The van der Waals surface area contributed by atoms with Crippen molar-refractivity contribution in [2.45, 2.75) is 19.0 Å². The summed E-state index contributed by atoms with van der Waals surface area (Å²) in [5.41, 5.74) is 2.48. The Morgan fingerprint density at radius 2 is 2.00 bits per heavy atom. The van der Waals surface area contributed by atoms with Crippen LogP contribution in [0.5, 0.6) is 0 Å². The van der Waals surface area contributed by atoms with E-state index in [1.807, 2.05) is 43.3 Å². The largest absolute Gasteiger partial charge is 0.462 e. The van der Waals surface area contributed by atoms with Gasteiger partial charge in [-0.3, -0.25) is 0 Å². The van der Waals surface area contributed by atoms with Crippen LogP contribution in [0.15, 0.2) is 42.5 Å². The molecule has 0 radical (unpaired) electrons. The highest BCUT2D eigenvalue weighted by Crippen LogP contribution is 2.33. The van der Waals surface area contributed by atoms with Crippen LogP contribution in [-0.4, -0.2) is 27.8 Å². The summed E-state index contributed by atoms with van der Waals surface area (Å²) < 4.78 is 5.23. The van der Waals surface area contributed by atoms with Crippen molar-refractivity contribution in [3.8, 4) is 0 Å². The maximum atomic E-state index is 11.9. The van der Waals surface area contributed by atoms with E-state index in [2.05, 4.69) is 4.98 Å². The summed E-state index contributed by atoms with van der Waals surface area (Å²) in [6.07, 6.45) is 0. The van der Waals surface area contributed by atoms with Crippen LogP contribution in [0.1, 0.15) is 29.0 Å². The van der Waals surface area contributed by atoms with Gasteiger partial charge < -0.3 is 14.9 Å². The number of ether oxygens (including phenoxy) is 1. The molecule has 0 saturated carbocycles. The molecule has 1 aliphatic heterocycles. The summed E-state index contributed by atoms with van der Waals surface area (Å²) in [6, 6.07) is 12.0. The van der Waals surface area contributed by atoms with E-state index in [0.29, 0.717) is 5.69 Å². The zero-order chi connectivity index (χ0) is 14.1. The molecule has 0 bridgehead atoms. The van der Waals surface area contributed by atoms with Crippen LogP contribution < -0.4 is 0 Å². The van der Waals surface area contributed by atoms with Gasteiger partial charge in [-0.1, -0.05) is 30.3 Å². The number of aromatic amines is 1. The first-order valence-electron chi connectivity index (χ1n) is 6.51. The lowest BCUT2D eigenvalue weighted by Crippen LogP contribution is -2.43. The maximum absolute atomic E-state index is 11.9. The molecule has 104 valence electrons. The Bertz CT molecular complexity index is 609. The fourth-order valence-electron chi connectivity index (χ4n) is 2.48. The smallest absolute Gasteiger partial charge is 0.332 e. The standard InChI is InChI=1S/C15H16N2O3/c1-10-7-8-12(16-10)14-15(18)20-9-13(17(14)19)11-5-3-2-4-6-11/h2-8,13-14,16,19H,9H2,1H3/t13-,14+/m1/s1. The van der Waals surface area contributed by atoms with E-state index in [9.17, 15) is 10.0 Å². The number of rotatable bonds is 2. The lowest BCUT2D eigenvalue weighted by atomic mass is 10.0. The van der Waals surface area contributed by atoms with E-state index in [1.54, 1.807) is 6.07 Å². The van der Waals surface area contributed by atoms with E-state index in [-0.39, 0.29) is 12.6 Å². The Morgan fingerprint density at radius 1 is 1.25 bits per heavy atom. The molecular formula is C15H16N2O3. The van der Waals surface area contributed by atoms with E-state index < -0.39 is 12.0 Å². The molecule has 1 fully saturated rings. The SMILES string of the molecule is Cc1ccc([C@H]2C(=O)OC[C@H](c3ccccc3)N2O)[nH]1. The molecule has 2 heterocycles. The molecule has 0 aliphatic carbocycles. The number of H-pyrrole nitrogens is 1. The average Bonchev–Trinajstić information content (AvgIpc) is 2.86. The second-order valence-electron chi connectivity index (χ2n) is 4.94. The van der Waals surface area contributed by atoms with Gasteiger partial charge in [-0.05, 0) is 24.6 Å². The van der Waals surface area contributed by atoms with Crippen LogP contribution in [0.4, 0.5) is 0 Å². The quantitative estimate of drug-likeness (QED) is 0.824. The molecule has 1 aromatic carbocycles. The molecule has 2 aromatic rings. The molecule has 5 nitrogen and oxygen atoms in total. The molecule has 5 heteroatoms. The number of hydrogen-bond acceptors (Lipinski definition) is 4. The number of hydroxylamine groups is 2. The van der Waals surface area contributed by atoms with Crippen molar-refractivity contribution < 1.29 is 14.7 Å². The Kier molecular flexibility index (Phi) is 3.30. The summed E-state index contributed by atoms with van der Waals surface area (Å²) in [4.78, 5) is 15.0. The van der Waals surface area contributed by atoms with Crippen molar-refractivity contribution in [2.75, 3.05) is 6.61 Å². The number of nitrogens with one attached hydrogen (secondary N) is 1. The summed E-state index contributed by atoms with van der Waals surface area (Å²) in [7, 11) is 0. The molecule has 0 unspecified atom stereocenters. The monoisotopic (exact) mass is 272 g/mol. The molecule has 0 spiro atoms. The Hall–Kier alpha value is -2.11. The Balaban J connectivity index is 1.92. The molecule has 0 amide bonds. The zero-order valence-corrected chi connectivity index (χ0v) is 11.1. The Labute approximate surface area is 116 Å². The first-order chi connectivity index (χ1) is 9.66. The Morgan fingerprint density at radius 3 is 2.65 bits per heavy atom. The predicted molar refractivity (Wildman–Crippen MR) is 72.0 cm³/mol. The van der Waals surface area contributed by atoms with Crippen molar-refractivity contribution in [1.29, 1.82) is 0 Å².